The molecule has 2 N–H and O–H groups in total. The van der Waals surface area contributed by atoms with E-state index in [1.54, 1.807) is 0 Å². The van der Waals surface area contributed by atoms with E-state index in [4.69, 9.17) is 0 Å². The number of hydrogen-bond donors (Lipinski definition) is 2. The van der Waals surface area contributed by atoms with Crippen molar-refractivity contribution in [3.8, 4) is 0 Å². The van der Waals surface area contributed by atoms with Crippen molar-refractivity contribution in [1.82, 2.24) is 10.9 Å². The molecule has 2 rings (SSSR count). The van der Waals surface area contributed by atoms with Crippen molar-refractivity contribution in [2.75, 3.05) is 6.54 Å². The normalized spacial score (nSPS) is 12.3. The molecule has 0 radical (unpaired) electrons. The second-order valence-electron chi connectivity index (χ2n) is 4.90. The predicted molar refractivity (Wildman–Crippen MR) is 80.9 cm³/mol. The van der Waals surface area contributed by atoms with Gasteiger partial charge in [0.25, 0.3) is 0 Å². The minimum absolute atomic E-state index is 0.429. The van der Waals surface area contributed by atoms with Gasteiger partial charge in [-0.25, -0.2) is 0 Å². The van der Waals surface area contributed by atoms with Crippen LogP contribution in [0, 0.1) is 0 Å². The second kappa shape index (κ2) is 7.72. The van der Waals surface area contributed by atoms with Crippen LogP contribution >= 0.6 is 0 Å². The third kappa shape index (κ3) is 5.25. The minimum Gasteiger partial charge on any atom is -0.257 e. The molecule has 100 valence electrons. The van der Waals surface area contributed by atoms with Gasteiger partial charge in [-0.3, -0.25) is 10.9 Å². The summed E-state index contributed by atoms with van der Waals surface area (Å²) in [6.07, 6.45) is 2.09. The average Bonchev–Trinajstić information content (AvgIpc) is 2.46. The van der Waals surface area contributed by atoms with Crippen molar-refractivity contribution < 1.29 is 0 Å². The molecule has 0 aromatic heterocycles. The van der Waals surface area contributed by atoms with Crippen LogP contribution in [0.25, 0.3) is 0 Å². The van der Waals surface area contributed by atoms with E-state index in [0.29, 0.717) is 6.04 Å². The van der Waals surface area contributed by atoms with Crippen LogP contribution in [-0.4, -0.2) is 12.6 Å². The van der Waals surface area contributed by atoms with E-state index in [2.05, 4.69) is 78.4 Å². The molecule has 1 atom stereocenters. The van der Waals surface area contributed by atoms with Gasteiger partial charge in [-0.2, -0.15) is 0 Å². The summed E-state index contributed by atoms with van der Waals surface area (Å²) in [4.78, 5) is 0. The topological polar surface area (TPSA) is 24.1 Å². The number of rotatable bonds is 7. The van der Waals surface area contributed by atoms with Crippen LogP contribution in [0.3, 0.4) is 0 Å². The molecule has 0 saturated carbocycles. The van der Waals surface area contributed by atoms with Crippen LogP contribution in [0.2, 0.25) is 0 Å². The molecule has 0 fully saturated rings. The third-order valence-corrected chi connectivity index (χ3v) is 3.11. The molecule has 0 aliphatic rings. The number of hydrazine groups is 1. The Balaban J connectivity index is 1.63. The number of benzene rings is 2. The highest BCUT2D eigenvalue weighted by atomic mass is 15.4. The molecule has 0 saturated heterocycles. The van der Waals surface area contributed by atoms with Crippen LogP contribution in [-0.2, 0) is 12.8 Å². The summed E-state index contributed by atoms with van der Waals surface area (Å²) in [5.41, 5.74) is 9.39. The van der Waals surface area contributed by atoms with E-state index >= 15 is 0 Å². The van der Waals surface area contributed by atoms with E-state index in [-0.39, 0.29) is 0 Å². The lowest BCUT2D eigenvalue weighted by atomic mass is 10.1. The molecule has 0 spiro atoms. The predicted octanol–water partition coefficient (Wildman–Crippen LogP) is 2.95. The highest BCUT2D eigenvalue weighted by molar-refractivity contribution is 5.16. The van der Waals surface area contributed by atoms with E-state index in [9.17, 15) is 0 Å². The molecule has 19 heavy (non-hydrogen) atoms. The van der Waals surface area contributed by atoms with Gasteiger partial charge in [0.2, 0.25) is 0 Å². The average molecular weight is 254 g/mol. The second-order valence-corrected chi connectivity index (χ2v) is 4.90. The van der Waals surface area contributed by atoms with E-state index in [1.807, 2.05) is 0 Å². The third-order valence-electron chi connectivity index (χ3n) is 3.11. The quantitative estimate of drug-likeness (QED) is 0.586. The molecule has 2 nitrogen and oxygen atoms in total. The zero-order chi connectivity index (χ0) is 13.3. The fraction of sp³-hybridized carbons (Fsp3) is 0.294. The number of nitrogens with one attached hydrogen (secondary N) is 2. The lowest BCUT2D eigenvalue weighted by molar-refractivity contribution is 0.450. The van der Waals surface area contributed by atoms with Crippen LogP contribution < -0.4 is 10.9 Å². The maximum absolute atomic E-state index is 3.35. The van der Waals surface area contributed by atoms with Gasteiger partial charge in [-0.1, -0.05) is 60.7 Å². The van der Waals surface area contributed by atoms with Crippen molar-refractivity contribution >= 4 is 0 Å². The van der Waals surface area contributed by atoms with Gasteiger partial charge in [0.1, 0.15) is 0 Å². The Morgan fingerprint density at radius 1 is 0.842 bits per heavy atom. The van der Waals surface area contributed by atoms with Gasteiger partial charge >= 0.3 is 0 Å². The summed E-state index contributed by atoms with van der Waals surface area (Å²) >= 11 is 0. The Bertz CT molecular complexity index is 453. The molecule has 0 aliphatic heterocycles. The Kier molecular flexibility index (Phi) is 5.60. The molecule has 2 heteroatoms. The summed E-state index contributed by atoms with van der Waals surface area (Å²) in [6.45, 7) is 3.14. The van der Waals surface area contributed by atoms with Crippen molar-refractivity contribution in [2.45, 2.75) is 25.8 Å². The summed E-state index contributed by atoms with van der Waals surface area (Å²) in [5.74, 6) is 0. The van der Waals surface area contributed by atoms with Crippen molar-refractivity contribution in [2.24, 2.45) is 0 Å². The van der Waals surface area contributed by atoms with Crippen molar-refractivity contribution in [3.63, 3.8) is 0 Å². The Hall–Kier alpha value is -1.64. The van der Waals surface area contributed by atoms with Gasteiger partial charge in [0.05, 0.1) is 0 Å². The summed E-state index contributed by atoms with van der Waals surface area (Å²) in [5, 5.41) is 0. The van der Waals surface area contributed by atoms with Gasteiger partial charge in [0, 0.05) is 12.6 Å². The van der Waals surface area contributed by atoms with Crippen LogP contribution in [0.5, 0.6) is 0 Å². The van der Waals surface area contributed by atoms with Crippen molar-refractivity contribution in [3.05, 3.63) is 71.8 Å². The molecule has 0 amide bonds. The van der Waals surface area contributed by atoms with Crippen LogP contribution in [0.1, 0.15) is 18.1 Å². The first-order chi connectivity index (χ1) is 9.34. The van der Waals surface area contributed by atoms with Gasteiger partial charge in [-0.05, 0) is 30.9 Å². The standard InChI is InChI=1S/C17H22N2/c1-15(14-17-10-6-3-7-11-17)19-18-13-12-16-8-4-2-5-9-16/h2-11,15,18-19H,12-14H2,1H3. The molecule has 1 unspecified atom stereocenters. The zero-order valence-electron chi connectivity index (χ0n) is 11.5. The Morgan fingerprint density at radius 2 is 1.42 bits per heavy atom. The maximum atomic E-state index is 3.35. The zero-order valence-corrected chi connectivity index (χ0v) is 11.5. The van der Waals surface area contributed by atoms with Gasteiger partial charge in [0.15, 0.2) is 0 Å². The highest BCUT2D eigenvalue weighted by Crippen LogP contribution is 2.02. The number of hydrogen-bond acceptors (Lipinski definition) is 2. The van der Waals surface area contributed by atoms with E-state index in [1.165, 1.54) is 11.1 Å². The Labute approximate surface area is 115 Å². The van der Waals surface area contributed by atoms with Crippen molar-refractivity contribution in [1.29, 1.82) is 0 Å². The first-order valence-corrected chi connectivity index (χ1v) is 6.91. The molecule has 0 bridgehead atoms. The fourth-order valence-corrected chi connectivity index (χ4v) is 2.12. The minimum atomic E-state index is 0.429. The monoisotopic (exact) mass is 254 g/mol. The lowest BCUT2D eigenvalue weighted by Crippen LogP contribution is -2.41. The van der Waals surface area contributed by atoms with Crippen LogP contribution in [0.15, 0.2) is 60.7 Å². The first kappa shape index (κ1) is 13.8. The van der Waals surface area contributed by atoms with E-state index < -0.39 is 0 Å². The van der Waals surface area contributed by atoms with Gasteiger partial charge < -0.3 is 0 Å². The molecular formula is C17H22N2. The SMILES string of the molecule is CC(Cc1ccccc1)NNCCc1ccccc1. The molecule has 0 aliphatic carbocycles. The summed E-state index contributed by atoms with van der Waals surface area (Å²) in [6, 6.07) is 21.5. The molecule has 0 heterocycles. The summed E-state index contributed by atoms with van der Waals surface area (Å²) in [7, 11) is 0. The smallest absolute Gasteiger partial charge is 0.0225 e. The fourth-order valence-electron chi connectivity index (χ4n) is 2.12. The highest BCUT2D eigenvalue weighted by Gasteiger charge is 2.01. The largest absolute Gasteiger partial charge is 0.257 e. The molecule has 2 aromatic carbocycles. The first-order valence-electron chi connectivity index (χ1n) is 6.91. The Morgan fingerprint density at radius 3 is 2.05 bits per heavy atom. The lowest BCUT2D eigenvalue weighted by Gasteiger charge is -2.15. The summed E-state index contributed by atoms with van der Waals surface area (Å²) < 4.78 is 0. The van der Waals surface area contributed by atoms with Gasteiger partial charge in [-0.15, -0.1) is 0 Å². The molecular weight excluding hydrogens is 232 g/mol. The molecule has 2 aromatic rings. The van der Waals surface area contributed by atoms with E-state index in [0.717, 1.165) is 19.4 Å². The maximum Gasteiger partial charge on any atom is 0.0225 e. The van der Waals surface area contributed by atoms with Crippen LogP contribution in [0.4, 0.5) is 0 Å².